The lowest BCUT2D eigenvalue weighted by Crippen LogP contribution is -2.40. The Morgan fingerprint density at radius 1 is 1.14 bits per heavy atom. The maximum Gasteiger partial charge on any atom is 0.312 e. The van der Waals surface area contributed by atoms with Gasteiger partial charge in [0.2, 0.25) is 23.4 Å². The van der Waals surface area contributed by atoms with Crippen molar-refractivity contribution in [2.75, 3.05) is 6.54 Å². The third kappa shape index (κ3) is 3.59. The monoisotopic (exact) mass is 379 g/mol. The Kier molecular flexibility index (Phi) is 4.79. The Morgan fingerprint density at radius 2 is 1.93 bits per heavy atom. The molecule has 1 unspecified atom stereocenters. The molecule has 0 saturated carbocycles. The molecule has 0 bridgehead atoms. The quantitative estimate of drug-likeness (QED) is 0.710. The number of aryl methyl sites for hydroxylation is 1. The fourth-order valence-electron chi connectivity index (χ4n) is 3.24. The predicted molar refractivity (Wildman–Crippen MR) is 95.9 cm³/mol. The number of rotatable bonds is 5. The summed E-state index contributed by atoms with van der Waals surface area (Å²) in [5.74, 6) is -0.894. The summed E-state index contributed by atoms with van der Waals surface area (Å²) in [6.45, 7) is 0.545. The van der Waals surface area contributed by atoms with Crippen LogP contribution >= 0.6 is 0 Å². The van der Waals surface area contributed by atoms with E-state index in [1.807, 2.05) is 24.3 Å². The van der Waals surface area contributed by atoms with Crippen LogP contribution in [0.25, 0.3) is 11.6 Å². The summed E-state index contributed by atoms with van der Waals surface area (Å²) in [6, 6.07) is 9.01. The SMILES string of the molecule is O=C(O)C1CN(C(=O)CCc2nc(-c3ncccn3)no2)Cc2ccccc21. The number of aromatic nitrogens is 4. The van der Waals surface area contributed by atoms with E-state index in [4.69, 9.17) is 4.52 Å². The van der Waals surface area contributed by atoms with E-state index in [2.05, 4.69) is 20.1 Å². The number of aliphatic carboxylic acids is 1. The first-order valence-electron chi connectivity index (χ1n) is 8.80. The summed E-state index contributed by atoms with van der Waals surface area (Å²) in [4.78, 5) is 38.1. The number of amides is 1. The van der Waals surface area contributed by atoms with Gasteiger partial charge in [0.15, 0.2) is 0 Å². The van der Waals surface area contributed by atoms with Gasteiger partial charge in [0.05, 0.1) is 5.92 Å². The lowest BCUT2D eigenvalue weighted by molar-refractivity contribution is -0.141. The number of carbonyl (C=O) groups is 2. The molecule has 0 radical (unpaired) electrons. The molecule has 0 saturated heterocycles. The van der Waals surface area contributed by atoms with Crippen LogP contribution in [0.1, 0.15) is 29.4 Å². The smallest absolute Gasteiger partial charge is 0.312 e. The van der Waals surface area contributed by atoms with Gasteiger partial charge < -0.3 is 14.5 Å². The fraction of sp³-hybridized carbons (Fsp3) is 0.263. The van der Waals surface area contributed by atoms with E-state index in [0.29, 0.717) is 18.3 Å². The van der Waals surface area contributed by atoms with Gasteiger partial charge in [-0.15, -0.1) is 0 Å². The molecule has 3 aromatic rings. The van der Waals surface area contributed by atoms with Crippen LogP contribution in [0.2, 0.25) is 0 Å². The van der Waals surface area contributed by atoms with E-state index >= 15 is 0 Å². The molecule has 0 fully saturated rings. The van der Waals surface area contributed by atoms with Crippen molar-refractivity contribution in [2.24, 2.45) is 0 Å². The largest absolute Gasteiger partial charge is 0.481 e. The van der Waals surface area contributed by atoms with Crippen LogP contribution in [0.4, 0.5) is 0 Å². The Labute approximate surface area is 160 Å². The van der Waals surface area contributed by atoms with E-state index in [1.165, 1.54) is 0 Å². The molecule has 3 heterocycles. The molecule has 9 heteroatoms. The highest BCUT2D eigenvalue weighted by Gasteiger charge is 2.32. The minimum atomic E-state index is -0.936. The van der Waals surface area contributed by atoms with Crippen LogP contribution in [0.5, 0.6) is 0 Å². The van der Waals surface area contributed by atoms with Crippen molar-refractivity contribution in [3.05, 3.63) is 59.7 Å². The molecule has 1 aliphatic heterocycles. The third-order valence-corrected chi connectivity index (χ3v) is 4.63. The highest BCUT2D eigenvalue weighted by Crippen LogP contribution is 2.29. The number of carboxylic acids is 1. The standard InChI is InChI=1S/C19H17N5O4/c25-16(7-6-15-22-18(23-28-15)17-20-8-3-9-21-17)24-10-12-4-1-2-5-13(12)14(11-24)19(26)27/h1-5,8-9,14H,6-7,10-11H2,(H,26,27). The Morgan fingerprint density at radius 3 is 2.71 bits per heavy atom. The highest BCUT2D eigenvalue weighted by atomic mass is 16.5. The Balaban J connectivity index is 1.42. The van der Waals surface area contributed by atoms with Crippen molar-refractivity contribution >= 4 is 11.9 Å². The molecule has 28 heavy (non-hydrogen) atoms. The molecule has 2 aromatic heterocycles. The van der Waals surface area contributed by atoms with Gasteiger partial charge in [0.1, 0.15) is 0 Å². The summed E-state index contributed by atoms with van der Waals surface area (Å²) < 4.78 is 5.17. The number of hydrogen-bond acceptors (Lipinski definition) is 7. The maximum atomic E-state index is 12.6. The summed E-state index contributed by atoms with van der Waals surface area (Å²) in [5, 5.41) is 13.3. The topological polar surface area (TPSA) is 122 Å². The second-order valence-electron chi connectivity index (χ2n) is 6.45. The minimum Gasteiger partial charge on any atom is -0.481 e. The van der Waals surface area contributed by atoms with Gasteiger partial charge >= 0.3 is 5.97 Å². The predicted octanol–water partition coefficient (Wildman–Crippen LogP) is 1.67. The van der Waals surface area contributed by atoms with Crippen molar-refractivity contribution in [3.8, 4) is 11.6 Å². The molecule has 1 N–H and O–H groups in total. The van der Waals surface area contributed by atoms with Crippen LogP contribution in [-0.4, -0.2) is 48.5 Å². The second-order valence-corrected chi connectivity index (χ2v) is 6.45. The molecule has 0 aliphatic carbocycles. The zero-order valence-corrected chi connectivity index (χ0v) is 14.9. The first-order valence-corrected chi connectivity index (χ1v) is 8.80. The molecule has 1 atom stereocenters. The molecule has 9 nitrogen and oxygen atoms in total. The van der Waals surface area contributed by atoms with E-state index in [9.17, 15) is 14.7 Å². The van der Waals surface area contributed by atoms with E-state index in [-0.39, 0.29) is 31.1 Å². The zero-order valence-electron chi connectivity index (χ0n) is 14.9. The zero-order chi connectivity index (χ0) is 19.5. The van der Waals surface area contributed by atoms with Gasteiger partial charge in [0.25, 0.3) is 0 Å². The summed E-state index contributed by atoms with van der Waals surface area (Å²) >= 11 is 0. The Hall–Kier alpha value is -3.62. The van der Waals surface area contributed by atoms with E-state index < -0.39 is 11.9 Å². The van der Waals surface area contributed by atoms with Gasteiger partial charge in [0, 0.05) is 38.3 Å². The number of benzene rings is 1. The number of hydrogen-bond donors (Lipinski definition) is 1. The average Bonchev–Trinajstić information content (AvgIpc) is 3.21. The van der Waals surface area contributed by atoms with Gasteiger partial charge in [-0.3, -0.25) is 9.59 Å². The molecule has 0 spiro atoms. The fourth-order valence-corrected chi connectivity index (χ4v) is 3.24. The number of fused-ring (bicyclic) bond motifs is 1. The molecule has 1 aliphatic rings. The molecule has 1 amide bonds. The highest BCUT2D eigenvalue weighted by molar-refractivity contribution is 5.81. The number of carboxylic acid groups (broad SMARTS) is 1. The van der Waals surface area contributed by atoms with E-state index in [0.717, 1.165) is 11.1 Å². The van der Waals surface area contributed by atoms with Crippen LogP contribution in [0.3, 0.4) is 0 Å². The molecule has 142 valence electrons. The molecular formula is C19H17N5O4. The van der Waals surface area contributed by atoms with Gasteiger partial charge in [-0.1, -0.05) is 29.4 Å². The second kappa shape index (κ2) is 7.55. The van der Waals surface area contributed by atoms with Crippen LogP contribution in [0, 0.1) is 0 Å². The van der Waals surface area contributed by atoms with Crippen LogP contribution < -0.4 is 0 Å². The maximum absolute atomic E-state index is 12.6. The van der Waals surface area contributed by atoms with Crippen molar-refractivity contribution < 1.29 is 19.2 Å². The van der Waals surface area contributed by atoms with Crippen molar-refractivity contribution in [3.63, 3.8) is 0 Å². The van der Waals surface area contributed by atoms with Gasteiger partial charge in [-0.2, -0.15) is 4.98 Å². The first-order chi connectivity index (χ1) is 13.6. The molecular weight excluding hydrogens is 362 g/mol. The van der Waals surface area contributed by atoms with Crippen molar-refractivity contribution in [1.82, 2.24) is 25.0 Å². The third-order valence-electron chi connectivity index (χ3n) is 4.63. The Bertz CT molecular complexity index is 1000. The molecule has 4 rings (SSSR count). The summed E-state index contributed by atoms with van der Waals surface area (Å²) in [7, 11) is 0. The average molecular weight is 379 g/mol. The first kappa shape index (κ1) is 17.8. The van der Waals surface area contributed by atoms with Gasteiger partial charge in [-0.25, -0.2) is 9.97 Å². The lowest BCUT2D eigenvalue weighted by Gasteiger charge is -2.32. The molecule has 1 aromatic carbocycles. The van der Waals surface area contributed by atoms with Crippen molar-refractivity contribution in [2.45, 2.75) is 25.3 Å². The van der Waals surface area contributed by atoms with Crippen LogP contribution in [0.15, 0.2) is 47.2 Å². The summed E-state index contributed by atoms with van der Waals surface area (Å²) in [6.07, 6.45) is 3.56. The number of carbonyl (C=O) groups excluding carboxylic acids is 1. The van der Waals surface area contributed by atoms with Crippen molar-refractivity contribution in [1.29, 1.82) is 0 Å². The van der Waals surface area contributed by atoms with Gasteiger partial charge in [-0.05, 0) is 17.2 Å². The minimum absolute atomic E-state index is 0.145. The lowest BCUT2D eigenvalue weighted by atomic mass is 9.89. The van der Waals surface area contributed by atoms with E-state index in [1.54, 1.807) is 23.4 Å². The normalized spacial score (nSPS) is 15.9. The summed E-state index contributed by atoms with van der Waals surface area (Å²) in [5.41, 5.74) is 1.62. The van der Waals surface area contributed by atoms with Crippen LogP contribution in [-0.2, 0) is 22.6 Å². The number of nitrogens with zero attached hydrogens (tertiary/aromatic N) is 5.